The molecule has 0 aromatic carbocycles. The molecule has 1 unspecified atom stereocenters. The van der Waals surface area contributed by atoms with Gasteiger partial charge in [-0.3, -0.25) is 20.4 Å². The number of nitrogens with one attached hydrogen (secondary N) is 2. The Morgan fingerprint density at radius 3 is 2.60 bits per heavy atom. The van der Waals surface area contributed by atoms with Crippen molar-refractivity contribution in [3.05, 3.63) is 29.3 Å². The molecule has 2 aromatic rings. The van der Waals surface area contributed by atoms with Crippen LogP contribution in [0.3, 0.4) is 0 Å². The summed E-state index contributed by atoms with van der Waals surface area (Å²) in [6.45, 7) is 2.31. The van der Waals surface area contributed by atoms with Gasteiger partial charge in [-0.15, -0.1) is 11.3 Å². The summed E-state index contributed by atoms with van der Waals surface area (Å²) in [6, 6.07) is 0. The number of rotatable bonds is 5. The van der Waals surface area contributed by atoms with Crippen LogP contribution >= 0.6 is 11.3 Å². The average Bonchev–Trinajstić information content (AvgIpc) is 3.35. The highest BCUT2D eigenvalue weighted by molar-refractivity contribution is 7.13. The van der Waals surface area contributed by atoms with E-state index in [2.05, 4.69) is 9.97 Å². The molecule has 164 valence electrons. The van der Waals surface area contributed by atoms with Gasteiger partial charge in [0, 0.05) is 37.9 Å². The number of halogens is 3. The Morgan fingerprint density at radius 1 is 1.30 bits per heavy atom. The van der Waals surface area contributed by atoms with E-state index in [1.807, 2.05) is 15.8 Å². The molecular weight excluding hydrogens is 429 g/mol. The summed E-state index contributed by atoms with van der Waals surface area (Å²) in [5.74, 6) is -2.80. The van der Waals surface area contributed by atoms with Gasteiger partial charge in [0.2, 0.25) is 11.5 Å². The molecule has 0 saturated carbocycles. The molecule has 3 N–H and O–H groups in total. The van der Waals surface area contributed by atoms with E-state index in [0.29, 0.717) is 31.4 Å². The Labute approximate surface area is 172 Å². The smallest absolute Gasteiger partial charge is 0.378 e. The SMILES string of the molecule is Cn1ccnc1C(O)(CC(=O)NNC(=O)c1csc(N2CCOCC2)n1)C(F)(F)F. The van der Waals surface area contributed by atoms with Crippen molar-refractivity contribution < 1.29 is 32.6 Å². The second-order valence-electron chi connectivity index (χ2n) is 6.51. The molecule has 1 aliphatic rings. The predicted octanol–water partition coefficient (Wildman–Crippen LogP) is 0.314. The number of ether oxygens (including phenoxy) is 1. The fourth-order valence-corrected chi connectivity index (χ4v) is 3.67. The van der Waals surface area contributed by atoms with Crippen molar-refractivity contribution in [2.75, 3.05) is 31.2 Å². The molecule has 10 nitrogen and oxygen atoms in total. The number of imidazole rings is 1. The Bertz CT molecular complexity index is 911. The van der Waals surface area contributed by atoms with Gasteiger partial charge in [-0.2, -0.15) is 13.2 Å². The topological polar surface area (TPSA) is 122 Å². The van der Waals surface area contributed by atoms with E-state index < -0.39 is 35.8 Å². The molecule has 30 heavy (non-hydrogen) atoms. The molecule has 14 heteroatoms. The average molecular weight is 448 g/mol. The summed E-state index contributed by atoms with van der Waals surface area (Å²) >= 11 is 1.22. The molecule has 2 amide bonds. The number of anilines is 1. The number of alkyl halides is 3. The van der Waals surface area contributed by atoms with Gasteiger partial charge in [-0.1, -0.05) is 0 Å². The molecule has 1 atom stereocenters. The summed E-state index contributed by atoms with van der Waals surface area (Å²) in [6.07, 6.45) is -4.28. The van der Waals surface area contributed by atoms with Crippen molar-refractivity contribution in [2.45, 2.75) is 18.2 Å². The number of carbonyl (C=O) groups excluding carboxylic acids is 2. The molecule has 0 radical (unpaired) electrons. The van der Waals surface area contributed by atoms with Crippen molar-refractivity contribution in [3.63, 3.8) is 0 Å². The largest absolute Gasteiger partial charge is 0.425 e. The van der Waals surface area contributed by atoms with E-state index in [4.69, 9.17) is 4.74 Å². The van der Waals surface area contributed by atoms with Crippen LogP contribution in [-0.2, 0) is 22.2 Å². The lowest BCUT2D eigenvalue weighted by molar-refractivity contribution is -0.271. The van der Waals surface area contributed by atoms with Gasteiger partial charge in [-0.05, 0) is 0 Å². The number of carbonyl (C=O) groups is 2. The number of morpholine rings is 1. The molecule has 1 fully saturated rings. The van der Waals surface area contributed by atoms with Gasteiger partial charge >= 0.3 is 6.18 Å². The van der Waals surface area contributed by atoms with Gasteiger partial charge in [-0.25, -0.2) is 9.97 Å². The molecule has 3 rings (SSSR count). The van der Waals surface area contributed by atoms with E-state index in [0.717, 1.165) is 10.8 Å². The van der Waals surface area contributed by atoms with Gasteiger partial charge in [0.05, 0.1) is 19.6 Å². The third kappa shape index (κ3) is 4.55. The highest BCUT2D eigenvalue weighted by Crippen LogP contribution is 2.40. The first-order valence-electron chi connectivity index (χ1n) is 8.76. The Hall–Kier alpha value is -2.71. The normalized spacial score (nSPS) is 16.8. The first-order valence-corrected chi connectivity index (χ1v) is 9.64. The van der Waals surface area contributed by atoms with Crippen LogP contribution in [0.2, 0.25) is 0 Å². The fourth-order valence-electron chi connectivity index (χ4n) is 2.81. The van der Waals surface area contributed by atoms with Crippen molar-refractivity contribution >= 4 is 28.3 Å². The summed E-state index contributed by atoms with van der Waals surface area (Å²) in [5, 5.41) is 12.2. The maximum absolute atomic E-state index is 13.5. The maximum Gasteiger partial charge on any atom is 0.425 e. The van der Waals surface area contributed by atoms with Crippen molar-refractivity contribution in [1.82, 2.24) is 25.4 Å². The minimum Gasteiger partial charge on any atom is -0.378 e. The van der Waals surface area contributed by atoms with E-state index in [1.54, 1.807) is 0 Å². The van der Waals surface area contributed by atoms with E-state index in [9.17, 15) is 27.9 Å². The molecule has 1 saturated heterocycles. The second-order valence-corrected chi connectivity index (χ2v) is 7.35. The number of nitrogens with zero attached hydrogens (tertiary/aromatic N) is 4. The molecule has 0 aliphatic carbocycles. The minimum absolute atomic E-state index is 0.00280. The van der Waals surface area contributed by atoms with E-state index in [1.165, 1.54) is 30.0 Å². The number of thiazole rings is 1. The zero-order valence-electron chi connectivity index (χ0n) is 15.8. The highest BCUT2D eigenvalue weighted by Gasteiger charge is 2.58. The van der Waals surface area contributed by atoms with Crippen LogP contribution in [0, 0.1) is 0 Å². The molecule has 0 bridgehead atoms. The zero-order valence-corrected chi connectivity index (χ0v) is 16.6. The molecule has 3 heterocycles. The van der Waals surface area contributed by atoms with Crippen molar-refractivity contribution in [1.29, 1.82) is 0 Å². The van der Waals surface area contributed by atoms with Crippen LogP contribution in [0.5, 0.6) is 0 Å². The third-order valence-electron chi connectivity index (χ3n) is 4.40. The zero-order chi connectivity index (χ0) is 21.9. The number of aromatic nitrogens is 3. The summed E-state index contributed by atoms with van der Waals surface area (Å²) in [7, 11) is 1.26. The van der Waals surface area contributed by atoms with Crippen LogP contribution in [0.4, 0.5) is 18.3 Å². The van der Waals surface area contributed by atoms with Gasteiger partial charge in [0.1, 0.15) is 5.69 Å². The monoisotopic (exact) mass is 448 g/mol. The van der Waals surface area contributed by atoms with Gasteiger partial charge in [0.25, 0.3) is 5.91 Å². The van der Waals surface area contributed by atoms with Crippen LogP contribution in [0.1, 0.15) is 22.7 Å². The first kappa shape index (κ1) is 22.0. The number of hydrogen-bond donors (Lipinski definition) is 3. The minimum atomic E-state index is -5.17. The molecule has 2 aromatic heterocycles. The van der Waals surface area contributed by atoms with E-state index in [-0.39, 0.29) is 5.69 Å². The van der Waals surface area contributed by atoms with Gasteiger partial charge < -0.3 is 19.3 Å². The Morgan fingerprint density at radius 2 is 2.00 bits per heavy atom. The second kappa shape index (κ2) is 8.57. The number of amides is 2. The van der Waals surface area contributed by atoms with Crippen LogP contribution in [0.15, 0.2) is 17.8 Å². The van der Waals surface area contributed by atoms with Gasteiger partial charge in [0.15, 0.2) is 11.0 Å². The lowest BCUT2D eigenvalue weighted by Crippen LogP contribution is -2.50. The van der Waals surface area contributed by atoms with Crippen LogP contribution < -0.4 is 15.8 Å². The maximum atomic E-state index is 13.5. The quantitative estimate of drug-likeness (QED) is 0.563. The summed E-state index contributed by atoms with van der Waals surface area (Å²) in [4.78, 5) is 33.8. The van der Waals surface area contributed by atoms with Crippen LogP contribution in [0.25, 0.3) is 0 Å². The number of aliphatic hydroxyl groups is 1. The molecular formula is C16H19F3N6O4S. The predicted molar refractivity (Wildman–Crippen MR) is 98.5 cm³/mol. The summed E-state index contributed by atoms with van der Waals surface area (Å²) < 4.78 is 46.6. The molecule has 0 spiro atoms. The fraction of sp³-hybridized carbons (Fsp3) is 0.500. The lowest BCUT2D eigenvalue weighted by atomic mass is 9.97. The van der Waals surface area contributed by atoms with Crippen molar-refractivity contribution in [2.24, 2.45) is 7.05 Å². The van der Waals surface area contributed by atoms with E-state index >= 15 is 0 Å². The molecule has 1 aliphatic heterocycles. The lowest BCUT2D eigenvalue weighted by Gasteiger charge is -2.29. The van der Waals surface area contributed by atoms with Crippen LogP contribution in [-0.4, -0.2) is 63.9 Å². The Kier molecular flexibility index (Phi) is 6.28. The number of hydrazine groups is 1. The first-order chi connectivity index (χ1) is 14.1. The standard InChI is InChI=1S/C16H19F3N6O4S/c1-24-3-2-20-13(24)15(28,16(17,18)19)8-11(26)22-23-12(27)10-9-30-14(21-10)25-4-6-29-7-5-25/h2-3,9,28H,4-8H2,1H3,(H,22,26)(H,23,27). The number of hydrogen-bond acceptors (Lipinski definition) is 8. The Balaban J connectivity index is 1.61. The summed E-state index contributed by atoms with van der Waals surface area (Å²) in [5.41, 5.74) is 0.354. The number of aryl methyl sites for hydroxylation is 1. The highest BCUT2D eigenvalue weighted by atomic mass is 32.1. The van der Waals surface area contributed by atoms with Crippen molar-refractivity contribution in [3.8, 4) is 0 Å². The third-order valence-corrected chi connectivity index (χ3v) is 5.30.